The molecule has 0 atom stereocenters. The number of aromatic nitrogens is 2. The van der Waals surface area contributed by atoms with E-state index in [2.05, 4.69) is 15.6 Å². The van der Waals surface area contributed by atoms with Crippen LogP contribution in [-0.4, -0.2) is 41.3 Å². The summed E-state index contributed by atoms with van der Waals surface area (Å²) in [4.78, 5) is 31.5. The number of carbonyl (C=O) groups excluding carboxylic acids is 2. The summed E-state index contributed by atoms with van der Waals surface area (Å²) < 4.78 is 1.62. The number of nitrogens with zero attached hydrogens (tertiary/aromatic N) is 3. The summed E-state index contributed by atoms with van der Waals surface area (Å²) in [7, 11) is 3.90. The Balaban J connectivity index is 1.91. The molecule has 0 spiro atoms. The first kappa shape index (κ1) is 18.4. The van der Waals surface area contributed by atoms with Gasteiger partial charge < -0.3 is 15.5 Å². The van der Waals surface area contributed by atoms with E-state index in [-0.39, 0.29) is 29.4 Å². The standard InChI is InChI=1S/C20H23N5O2/c1-13(2)21-19(26)17-16-7-5-6-12-25(16)18(23-17)20(27)22-14-8-10-15(11-9-14)24(3)4/h5-13H,1-4H3,(H,21,26)(H,22,27). The summed E-state index contributed by atoms with van der Waals surface area (Å²) in [5, 5.41) is 5.66. The molecule has 2 heterocycles. The zero-order valence-electron chi connectivity index (χ0n) is 15.9. The Kier molecular flexibility index (Phi) is 5.12. The molecule has 0 saturated carbocycles. The van der Waals surface area contributed by atoms with Crippen LogP contribution in [0.1, 0.15) is 35.0 Å². The van der Waals surface area contributed by atoms with Crippen LogP contribution in [0.25, 0.3) is 5.52 Å². The maximum Gasteiger partial charge on any atom is 0.292 e. The predicted octanol–water partition coefficient (Wildman–Crippen LogP) is 2.79. The smallest absolute Gasteiger partial charge is 0.292 e. The number of amides is 2. The van der Waals surface area contributed by atoms with Gasteiger partial charge in [0.05, 0.1) is 5.52 Å². The van der Waals surface area contributed by atoms with Crippen LogP contribution in [0.15, 0.2) is 48.7 Å². The molecule has 0 aliphatic heterocycles. The van der Waals surface area contributed by atoms with Gasteiger partial charge in [-0.15, -0.1) is 0 Å². The van der Waals surface area contributed by atoms with E-state index in [1.165, 1.54) is 0 Å². The Labute approximate surface area is 158 Å². The van der Waals surface area contributed by atoms with E-state index in [1.54, 1.807) is 22.7 Å². The average Bonchev–Trinajstić information content (AvgIpc) is 3.01. The Hall–Kier alpha value is -3.35. The lowest BCUT2D eigenvalue weighted by molar-refractivity contribution is 0.0940. The van der Waals surface area contributed by atoms with Crippen molar-refractivity contribution in [3.63, 3.8) is 0 Å². The Bertz CT molecular complexity index is 974. The zero-order valence-corrected chi connectivity index (χ0v) is 15.9. The second kappa shape index (κ2) is 7.49. The third-order valence-electron chi connectivity index (χ3n) is 4.03. The molecule has 2 aromatic heterocycles. The van der Waals surface area contributed by atoms with Crippen molar-refractivity contribution in [2.75, 3.05) is 24.3 Å². The van der Waals surface area contributed by atoms with Gasteiger partial charge in [0, 0.05) is 37.7 Å². The van der Waals surface area contributed by atoms with Gasteiger partial charge in [0.1, 0.15) is 0 Å². The largest absolute Gasteiger partial charge is 0.378 e. The number of hydrogen-bond acceptors (Lipinski definition) is 4. The minimum Gasteiger partial charge on any atom is -0.378 e. The van der Waals surface area contributed by atoms with Gasteiger partial charge in [0.2, 0.25) is 5.82 Å². The van der Waals surface area contributed by atoms with Gasteiger partial charge >= 0.3 is 0 Å². The quantitative estimate of drug-likeness (QED) is 0.729. The molecule has 27 heavy (non-hydrogen) atoms. The van der Waals surface area contributed by atoms with Crippen molar-refractivity contribution >= 4 is 28.7 Å². The van der Waals surface area contributed by atoms with Crippen LogP contribution >= 0.6 is 0 Å². The second-order valence-electron chi connectivity index (χ2n) is 6.76. The van der Waals surface area contributed by atoms with Crippen LogP contribution in [0.4, 0.5) is 11.4 Å². The number of benzene rings is 1. The summed E-state index contributed by atoms with van der Waals surface area (Å²) in [5.74, 6) is -0.517. The third kappa shape index (κ3) is 3.92. The van der Waals surface area contributed by atoms with Crippen molar-refractivity contribution in [2.45, 2.75) is 19.9 Å². The van der Waals surface area contributed by atoms with Crippen molar-refractivity contribution in [3.8, 4) is 0 Å². The summed E-state index contributed by atoms with van der Waals surface area (Å²) in [5.41, 5.74) is 2.51. The molecule has 0 aliphatic carbocycles. The molecule has 0 aliphatic rings. The van der Waals surface area contributed by atoms with Crippen LogP contribution in [0, 0.1) is 0 Å². The maximum absolute atomic E-state index is 12.8. The van der Waals surface area contributed by atoms with E-state index in [1.807, 2.05) is 63.2 Å². The average molecular weight is 365 g/mol. The predicted molar refractivity (Wildman–Crippen MR) is 107 cm³/mol. The lowest BCUT2D eigenvalue weighted by atomic mass is 10.2. The van der Waals surface area contributed by atoms with Gasteiger partial charge in [-0.3, -0.25) is 14.0 Å². The van der Waals surface area contributed by atoms with Gasteiger partial charge in [0.25, 0.3) is 11.8 Å². The van der Waals surface area contributed by atoms with Gasteiger partial charge in [-0.2, -0.15) is 0 Å². The number of anilines is 2. The molecule has 0 bridgehead atoms. The van der Waals surface area contributed by atoms with Crippen molar-refractivity contribution in [3.05, 3.63) is 60.2 Å². The molecule has 1 aromatic carbocycles. The molecule has 0 saturated heterocycles. The third-order valence-corrected chi connectivity index (χ3v) is 4.03. The number of carbonyl (C=O) groups is 2. The van der Waals surface area contributed by atoms with Crippen molar-refractivity contribution in [2.24, 2.45) is 0 Å². The van der Waals surface area contributed by atoms with Crippen LogP contribution in [0.3, 0.4) is 0 Å². The van der Waals surface area contributed by atoms with Crippen LogP contribution < -0.4 is 15.5 Å². The van der Waals surface area contributed by atoms with Gasteiger partial charge in [0.15, 0.2) is 5.69 Å². The van der Waals surface area contributed by atoms with E-state index >= 15 is 0 Å². The first-order valence-electron chi connectivity index (χ1n) is 8.73. The lowest BCUT2D eigenvalue weighted by Gasteiger charge is -2.12. The zero-order chi connectivity index (χ0) is 19.6. The SMILES string of the molecule is CC(C)NC(=O)c1nc(C(=O)Nc2ccc(N(C)C)cc2)n2ccccc12. The van der Waals surface area contributed by atoms with Gasteiger partial charge in [-0.1, -0.05) is 6.07 Å². The number of nitrogens with one attached hydrogen (secondary N) is 2. The molecular formula is C20H23N5O2. The molecular weight excluding hydrogens is 342 g/mol. The summed E-state index contributed by atoms with van der Waals surface area (Å²) >= 11 is 0. The fourth-order valence-corrected chi connectivity index (χ4v) is 2.73. The Morgan fingerprint density at radius 1 is 1.04 bits per heavy atom. The molecule has 2 N–H and O–H groups in total. The van der Waals surface area contributed by atoms with Crippen molar-refractivity contribution in [1.29, 1.82) is 0 Å². The Morgan fingerprint density at radius 3 is 2.37 bits per heavy atom. The molecule has 3 rings (SSSR count). The topological polar surface area (TPSA) is 78.7 Å². The van der Waals surface area contributed by atoms with Crippen molar-refractivity contribution in [1.82, 2.24) is 14.7 Å². The molecule has 3 aromatic rings. The van der Waals surface area contributed by atoms with Crippen LogP contribution in [0.5, 0.6) is 0 Å². The second-order valence-corrected chi connectivity index (χ2v) is 6.76. The highest BCUT2D eigenvalue weighted by Crippen LogP contribution is 2.18. The number of hydrogen-bond donors (Lipinski definition) is 2. The van der Waals surface area contributed by atoms with Gasteiger partial charge in [-0.05, 0) is 50.2 Å². The molecule has 7 heteroatoms. The molecule has 140 valence electrons. The van der Waals surface area contributed by atoms with E-state index in [4.69, 9.17) is 0 Å². The van der Waals surface area contributed by atoms with Gasteiger partial charge in [-0.25, -0.2) is 4.98 Å². The minimum absolute atomic E-state index is 0.0227. The van der Waals surface area contributed by atoms with E-state index < -0.39 is 0 Å². The van der Waals surface area contributed by atoms with Crippen LogP contribution in [0.2, 0.25) is 0 Å². The van der Waals surface area contributed by atoms with E-state index in [0.717, 1.165) is 5.69 Å². The van der Waals surface area contributed by atoms with Crippen LogP contribution in [-0.2, 0) is 0 Å². The minimum atomic E-state index is -0.377. The first-order chi connectivity index (χ1) is 12.9. The monoisotopic (exact) mass is 365 g/mol. The summed E-state index contributed by atoms with van der Waals surface area (Å²) in [6, 6.07) is 12.8. The molecule has 0 radical (unpaired) electrons. The maximum atomic E-state index is 12.8. The first-order valence-corrected chi connectivity index (χ1v) is 8.73. The highest BCUT2D eigenvalue weighted by molar-refractivity contribution is 6.06. The fraction of sp³-hybridized carbons (Fsp3) is 0.250. The number of pyridine rings is 1. The van der Waals surface area contributed by atoms with E-state index in [0.29, 0.717) is 11.2 Å². The molecule has 2 amide bonds. The molecule has 7 nitrogen and oxygen atoms in total. The molecule has 0 unspecified atom stereocenters. The highest BCUT2D eigenvalue weighted by atomic mass is 16.2. The van der Waals surface area contributed by atoms with E-state index in [9.17, 15) is 9.59 Å². The number of rotatable bonds is 5. The summed E-state index contributed by atoms with van der Waals surface area (Å²) in [6.07, 6.45) is 1.72. The lowest BCUT2D eigenvalue weighted by Crippen LogP contribution is -2.30. The highest BCUT2D eigenvalue weighted by Gasteiger charge is 2.21. The number of fused-ring (bicyclic) bond motifs is 1. The Morgan fingerprint density at radius 2 is 1.74 bits per heavy atom. The molecule has 0 fully saturated rings. The van der Waals surface area contributed by atoms with Crippen molar-refractivity contribution < 1.29 is 9.59 Å². The number of imidazole rings is 1. The fourth-order valence-electron chi connectivity index (χ4n) is 2.73. The normalized spacial score (nSPS) is 10.9. The summed E-state index contributed by atoms with van der Waals surface area (Å²) in [6.45, 7) is 3.75.